The predicted octanol–water partition coefficient (Wildman–Crippen LogP) is 2.82. The monoisotopic (exact) mass is 324 g/mol. The molecule has 1 fully saturated rings. The molecular formula is C19H24N4O. The molecular weight excluding hydrogens is 300 g/mol. The third kappa shape index (κ3) is 3.55. The van der Waals surface area contributed by atoms with Crippen LogP contribution in [0.2, 0.25) is 0 Å². The summed E-state index contributed by atoms with van der Waals surface area (Å²) in [6, 6.07) is 10.3. The summed E-state index contributed by atoms with van der Waals surface area (Å²) < 4.78 is 0. The molecule has 1 aromatic carbocycles. The van der Waals surface area contributed by atoms with Crippen LogP contribution in [0.25, 0.3) is 11.4 Å². The molecule has 0 spiro atoms. The van der Waals surface area contributed by atoms with Gasteiger partial charge in [0.25, 0.3) is 0 Å². The zero-order valence-corrected chi connectivity index (χ0v) is 14.6. The van der Waals surface area contributed by atoms with Gasteiger partial charge in [0, 0.05) is 49.9 Å². The summed E-state index contributed by atoms with van der Waals surface area (Å²) in [5, 5.41) is 0. The second kappa shape index (κ2) is 6.99. The number of carbonyl (C=O) groups excluding carboxylic acids is 1. The molecule has 2 heterocycles. The van der Waals surface area contributed by atoms with Crippen molar-refractivity contribution in [3.05, 3.63) is 41.6 Å². The lowest BCUT2D eigenvalue weighted by molar-refractivity contribution is -0.131. The molecule has 1 amide bonds. The zero-order chi connectivity index (χ0) is 17.1. The highest BCUT2D eigenvalue weighted by atomic mass is 16.2. The first kappa shape index (κ1) is 16.4. The maximum atomic E-state index is 11.8. The van der Waals surface area contributed by atoms with Gasteiger partial charge in [0.2, 0.25) is 5.91 Å². The van der Waals surface area contributed by atoms with Crippen molar-refractivity contribution >= 4 is 11.7 Å². The van der Waals surface area contributed by atoms with Crippen molar-refractivity contribution in [3.8, 4) is 11.4 Å². The number of rotatable bonds is 3. The number of hydrogen-bond acceptors (Lipinski definition) is 4. The van der Waals surface area contributed by atoms with Crippen LogP contribution in [-0.4, -0.2) is 47.0 Å². The first-order chi connectivity index (χ1) is 11.6. The molecule has 0 aliphatic carbocycles. The van der Waals surface area contributed by atoms with Crippen LogP contribution in [0, 0.1) is 13.8 Å². The molecule has 1 aliphatic heterocycles. The number of carbonyl (C=O) groups is 1. The molecule has 1 aromatic heterocycles. The van der Waals surface area contributed by atoms with E-state index in [1.165, 1.54) is 5.56 Å². The minimum atomic E-state index is 0.230. The van der Waals surface area contributed by atoms with Crippen LogP contribution in [0.15, 0.2) is 30.3 Å². The van der Waals surface area contributed by atoms with Crippen LogP contribution in [-0.2, 0) is 4.79 Å². The predicted molar refractivity (Wildman–Crippen MR) is 96.0 cm³/mol. The van der Waals surface area contributed by atoms with Crippen molar-refractivity contribution in [2.75, 3.05) is 31.1 Å². The van der Waals surface area contributed by atoms with Crippen LogP contribution in [0.3, 0.4) is 0 Å². The maximum absolute atomic E-state index is 11.8. The van der Waals surface area contributed by atoms with E-state index in [1.807, 2.05) is 24.8 Å². The van der Waals surface area contributed by atoms with Gasteiger partial charge in [-0.2, -0.15) is 0 Å². The normalized spacial score (nSPS) is 14.8. The van der Waals surface area contributed by atoms with Gasteiger partial charge < -0.3 is 9.80 Å². The second-order valence-corrected chi connectivity index (χ2v) is 6.28. The van der Waals surface area contributed by atoms with Gasteiger partial charge in [-0.3, -0.25) is 4.79 Å². The van der Waals surface area contributed by atoms with E-state index in [0.717, 1.165) is 49.1 Å². The minimum Gasteiger partial charge on any atom is -0.353 e. The Kier molecular flexibility index (Phi) is 4.79. The van der Waals surface area contributed by atoms with Gasteiger partial charge in [-0.05, 0) is 13.8 Å². The summed E-state index contributed by atoms with van der Waals surface area (Å²) >= 11 is 0. The third-order valence-electron chi connectivity index (χ3n) is 4.41. The highest BCUT2D eigenvalue weighted by Gasteiger charge is 2.21. The fraction of sp³-hybridized carbons (Fsp3) is 0.421. The lowest BCUT2D eigenvalue weighted by Crippen LogP contribution is -2.48. The molecule has 126 valence electrons. The smallest absolute Gasteiger partial charge is 0.222 e. The SMILES string of the molecule is CCC(=O)N1CCN(c2cc(C)nc(-c3ccc(C)cc3)n2)CC1. The Morgan fingerprint density at radius 1 is 1.04 bits per heavy atom. The van der Waals surface area contributed by atoms with E-state index in [9.17, 15) is 4.79 Å². The average Bonchev–Trinajstić information content (AvgIpc) is 2.61. The molecule has 2 aromatic rings. The number of aryl methyl sites for hydroxylation is 2. The molecule has 5 nitrogen and oxygen atoms in total. The minimum absolute atomic E-state index is 0.230. The van der Waals surface area contributed by atoms with Gasteiger partial charge in [-0.15, -0.1) is 0 Å². The standard InChI is InChI=1S/C19H24N4O/c1-4-18(24)23-11-9-22(10-12-23)17-13-15(3)20-19(21-17)16-7-5-14(2)6-8-16/h5-8,13H,4,9-12H2,1-3H3. The molecule has 0 N–H and O–H groups in total. The zero-order valence-electron chi connectivity index (χ0n) is 14.6. The first-order valence-corrected chi connectivity index (χ1v) is 8.52. The van der Waals surface area contributed by atoms with E-state index in [4.69, 9.17) is 4.98 Å². The van der Waals surface area contributed by atoms with E-state index in [2.05, 4.69) is 41.1 Å². The van der Waals surface area contributed by atoms with Crippen molar-refractivity contribution in [3.63, 3.8) is 0 Å². The Morgan fingerprint density at radius 3 is 2.33 bits per heavy atom. The van der Waals surface area contributed by atoms with Crippen molar-refractivity contribution in [1.29, 1.82) is 0 Å². The number of aromatic nitrogens is 2. The van der Waals surface area contributed by atoms with E-state index < -0.39 is 0 Å². The largest absolute Gasteiger partial charge is 0.353 e. The summed E-state index contributed by atoms with van der Waals surface area (Å²) in [6.07, 6.45) is 0.574. The van der Waals surface area contributed by atoms with Crippen LogP contribution in [0.5, 0.6) is 0 Å². The number of nitrogens with zero attached hydrogens (tertiary/aromatic N) is 4. The Labute approximate surface area is 143 Å². The number of benzene rings is 1. The Morgan fingerprint density at radius 2 is 1.71 bits per heavy atom. The number of anilines is 1. The van der Waals surface area contributed by atoms with E-state index >= 15 is 0 Å². The molecule has 1 saturated heterocycles. The van der Waals surface area contributed by atoms with Gasteiger partial charge in [-0.25, -0.2) is 9.97 Å². The lowest BCUT2D eigenvalue weighted by atomic mass is 10.1. The lowest BCUT2D eigenvalue weighted by Gasteiger charge is -2.35. The van der Waals surface area contributed by atoms with Gasteiger partial charge in [0.05, 0.1) is 0 Å². The summed E-state index contributed by atoms with van der Waals surface area (Å²) in [4.78, 5) is 25.3. The van der Waals surface area contributed by atoms with Crippen LogP contribution in [0.4, 0.5) is 5.82 Å². The number of hydrogen-bond donors (Lipinski definition) is 0. The van der Waals surface area contributed by atoms with Gasteiger partial charge in [0.15, 0.2) is 5.82 Å². The Bertz CT molecular complexity index is 719. The molecule has 1 aliphatic rings. The summed E-state index contributed by atoms with van der Waals surface area (Å²) in [5.41, 5.74) is 3.22. The Balaban J connectivity index is 1.80. The van der Waals surface area contributed by atoms with Crippen molar-refractivity contribution in [2.45, 2.75) is 27.2 Å². The van der Waals surface area contributed by atoms with Gasteiger partial charge >= 0.3 is 0 Å². The van der Waals surface area contributed by atoms with Crippen LogP contribution < -0.4 is 4.90 Å². The summed E-state index contributed by atoms with van der Waals surface area (Å²) in [7, 11) is 0. The summed E-state index contributed by atoms with van der Waals surface area (Å²) in [5.74, 6) is 1.94. The van der Waals surface area contributed by atoms with Gasteiger partial charge in [0.1, 0.15) is 5.82 Å². The van der Waals surface area contributed by atoms with Crippen molar-refractivity contribution in [1.82, 2.24) is 14.9 Å². The molecule has 0 atom stereocenters. The molecule has 3 rings (SSSR count). The maximum Gasteiger partial charge on any atom is 0.222 e. The van der Waals surface area contributed by atoms with Crippen molar-refractivity contribution < 1.29 is 4.79 Å². The second-order valence-electron chi connectivity index (χ2n) is 6.28. The molecule has 0 saturated carbocycles. The van der Waals surface area contributed by atoms with Crippen LogP contribution >= 0.6 is 0 Å². The molecule has 0 unspecified atom stereocenters. The van der Waals surface area contributed by atoms with Gasteiger partial charge in [-0.1, -0.05) is 36.8 Å². The van der Waals surface area contributed by atoms with Crippen LogP contribution in [0.1, 0.15) is 24.6 Å². The molecule has 0 radical (unpaired) electrons. The fourth-order valence-corrected chi connectivity index (χ4v) is 2.95. The van der Waals surface area contributed by atoms with E-state index in [0.29, 0.717) is 6.42 Å². The average molecular weight is 324 g/mol. The first-order valence-electron chi connectivity index (χ1n) is 8.52. The summed E-state index contributed by atoms with van der Waals surface area (Å²) in [6.45, 7) is 9.13. The number of piperazine rings is 1. The third-order valence-corrected chi connectivity index (χ3v) is 4.41. The fourth-order valence-electron chi connectivity index (χ4n) is 2.95. The van der Waals surface area contributed by atoms with E-state index in [1.54, 1.807) is 0 Å². The quantitative estimate of drug-likeness (QED) is 0.871. The number of amides is 1. The highest BCUT2D eigenvalue weighted by molar-refractivity contribution is 5.76. The molecule has 0 bridgehead atoms. The topological polar surface area (TPSA) is 49.3 Å². The highest BCUT2D eigenvalue weighted by Crippen LogP contribution is 2.21. The molecule has 5 heteroatoms. The Hall–Kier alpha value is -2.43. The van der Waals surface area contributed by atoms with E-state index in [-0.39, 0.29) is 5.91 Å². The molecule has 24 heavy (non-hydrogen) atoms. The van der Waals surface area contributed by atoms with Crippen molar-refractivity contribution in [2.24, 2.45) is 0 Å².